The second kappa shape index (κ2) is 11.4. The van der Waals surface area contributed by atoms with Gasteiger partial charge in [0, 0.05) is 24.9 Å². The summed E-state index contributed by atoms with van der Waals surface area (Å²) in [4.78, 5) is 24.0. The molecule has 0 aromatic carbocycles. The van der Waals surface area contributed by atoms with Crippen LogP contribution in [0.1, 0.15) is 44.6 Å². The van der Waals surface area contributed by atoms with Gasteiger partial charge in [0.15, 0.2) is 5.82 Å². The zero-order valence-electron chi connectivity index (χ0n) is 19.7. The number of nitrogens with one attached hydrogen (secondary N) is 5. The number of amides is 2. The summed E-state index contributed by atoms with van der Waals surface area (Å²) in [5.74, 6) is 1.72. The second-order valence-corrected chi connectivity index (χ2v) is 7.84. The van der Waals surface area contributed by atoms with E-state index in [-0.39, 0.29) is 24.6 Å². The molecule has 2 heterocycles. The van der Waals surface area contributed by atoms with Crippen LogP contribution < -0.4 is 31.7 Å². The fraction of sp³-hybridized carbons (Fsp3) is 0.500. The standard InChI is InChI=1S/C22H34N8O3/c1-5-6-11-30(22(32)24-15-9-7-8-10-15)19-14(2)18(23-3)26-21(27-19)25-17-12-16(13-31)28-29-20(17)33-4/h6,11-12,15,28-29,31H,5,7-10,13H2,1-4H3,(H,24,32)(H2,23,25,26,27)/b11-6+. The summed E-state index contributed by atoms with van der Waals surface area (Å²) in [5.41, 5.74) is 7.51. The average Bonchev–Trinajstić information content (AvgIpc) is 3.33. The average molecular weight is 459 g/mol. The van der Waals surface area contributed by atoms with Crippen molar-refractivity contribution >= 4 is 23.6 Å². The second-order valence-electron chi connectivity index (χ2n) is 7.84. The summed E-state index contributed by atoms with van der Waals surface area (Å²) in [6.45, 7) is 3.69. The first-order valence-electron chi connectivity index (χ1n) is 11.2. The number of allylic oxidation sites excluding steroid dienone is 2. The number of aliphatic hydroxyl groups excluding tert-OH is 1. The number of urea groups is 1. The number of aliphatic hydroxyl groups is 1. The van der Waals surface area contributed by atoms with Crippen molar-refractivity contribution in [3.8, 4) is 0 Å². The molecule has 1 aliphatic carbocycles. The van der Waals surface area contributed by atoms with Crippen LogP contribution in [-0.2, 0) is 4.74 Å². The topological polar surface area (TPSA) is 136 Å². The molecule has 0 unspecified atom stereocenters. The molecule has 0 spiro atoms. The third kappa shape index (κ3) is 5.86. The Kier molecular flexibility index (Phi) is 8.36. The number of aromatic nitrogens is 2. The van der Waals surface area contributed by atoms with Crippen LogP contribution in [0.2, 0.25) is 0 Å². The van der Waals surface area contributed by atoms with Crippen molar-refractivity contribution in [3.63, 3.8) is 0 Å². The van der Waals surface area contributed by atoms with E-state index in [2.05, 4.69) is 36.8 Å². The van der Waals surface area contributed by atoms with Gasteiger partial charge >= 0.3 is 6.03 Å². The van der Waals surface area contributed by atoms with Crippen LogP contribution in [-0.4, -0.2) is 47.9 Å². The molecule has 6 N–H and O–H groups in total. The van der Waals surface area contributed by atoms with Crippen molar-refractivity contribution in [3.05, 3.63) is 41.2 Å². The molecule has 2 amide bonds. The van der Waals surface area contributed by atoms with Crippen LogP contribution in [0.3, 0.4) is 0 Å². The molecule has 1 aromatic rings. The van der Waals surface area contributed by atoms with Crippen LogP contribution >= 0.6 is 0 Å². The normalized spacial score (nSPS) is 16.2. The Balaban J connectivity index is 1.98. The maximum atomic E-state index is 13.2. The van der Waals surface area contributed by atoms with Gasteiger partial charge in [0.1, 0.15) is 11.5 Å². The largest absolute Gasteiger partial charge is 0.480 e. The van der Waals surface area contributed by atoms with E-state index in [1.807, 2.05) is 19.9 Å². The van der Waals surface area contributed by atoms with Gasteiger partial charge in [-0.05, 0) is 32.3 Å². The summed E-state index contributed by atoms with van der Waals surface area (Å²) >= 11 is 0. The maximum Gasteiger partial charge on any atom is 0.327 e. The Labute approximate surface area is 194 Å². The fourth-order valence-corrected chi connectivity index (χ4v) is 3.74. The lowest BCUT2D eigenvalue weighted by atomic mass is 10.2. The molecule has 180 valence electrons. The summed E-state index contributed by atoms with van der Waals surface area (Å²) < 4.78 is 5.35. The van der Waals surface area contributed by atoms with E-state index in [0.717, 1.165) is 37.7 Å². The van der Waals surface area contributed by atoms with Gasteiger partial charge in [-0.15, -0.1) is 0 Å². The molecule has 0 radical (unpaired) electrons. The number of hydrogen-bond acceptors (Lipinski definition) is 9. The molecule has 1 aliphatic heterocycles. The Morgan fingerprint density at radius 1 is 1.33 bits per heavy atom. The predicted molar refractivity (Wildman–Crippen MR) is 128 cm³/mol. The Bertz CT molecular complexity index is 938. The minimum Gasteiger partial charge on any atom is -0.480 e. The zero-order valence-corrected chi connectivity index (χ0v) is 19.7. The molecule has 33 heavy (non-hydrogen) atoms. The van der Waals surface area contributed by atoms with Crippen LogP contribution in [0.15, 0.2) is 35.6 Å². The first-order valence-corrected chi connectivity index (χ1v) is 11.2. The van der Waals surface area contributed by atoms with Gasteiger partial charge in [-0.2, -0.15) is 9.97 Å². The lowest BCUT2D eigenvalue weighted by Crippen LogP contribution is -2.42. The minimum atomic E-state index is -0.218. The van der Waals surface area contributed by atoms with Crippen LogP contribution in [0, 0.1) is 6.92 Å². The van der Waals surface area contributed by atoms with Gasteiger partial charge in [-0.25, -0.2) is 4.79 Å². The van der Waals surface area contributed by atoms with Crippen LogP contribution in [0.25, 0.3) is 0 Å². The first-order chi connectivity index (χ1) is 16.0. The lowest BCUT2D eigenvalue weighted by Gasteiger charge is -2.25. The molecule has 1 fully saturated rings. The van der Waals surface area contributed by atoms with Crippen molar-refractivity contribution in [1.82, 2.24) is 26.1 Å². The Hall–Kier alpha value is -3.47. The van der Waals surface area contributed by atoms with Crippen molar-refractivity contribution in [2.45, 2.75) is 52.0 Å². The van der Waals surface area contributed by atoms with Gasteiger partial charge in [-0.1, -0.05) is 25.8 Å². The molecule has 11 heteroatoms. The van der Waals surface area contributed by atoms with Gasteiger partial charge in [0.25, 0.3) is 0 Å². The molecule has 1 saturated carbocycles. The molecule has 0 saturated heterocycles. The van der Waals surface area contributed by atoms with Crippen LogP contribution in [0.4, 0.5) is 22.4 Å². The highest BCUT2D eigenvalue weighted by Gasteiger charge is 2.25. The first kappa shape index (κ1) is 24.2. The van der Waals surface area contributed by atoms with E-state index in [1.165, 1.54) is 12.0 Å². The van der Waals surface area contributed by atoms with Gasteiger partial charge in [-0.3, -0.25) is 10.3 Å². The number of carbonyl (C=O) groups is 1. The summed E-state index contributed by atoms with van der Waals surface area (Å²) in [6.07, 6.45) is 10.4. The van der Waals surface area contributed by atoms with E-state index < -0.39 is 0 Å². The van der Waals surface area contributed by atoms with E-state index in [0.29, 0.717) is 28.9 Å². The van der Waals surface area contributed by atoms with E-state index in [9.17, 15) is 9.90 Å². The molecule has 0 atom stereocenters. The third-order valence-corrected chi connectivity index (χ3v) is 5.50. The highest BCUT2D eigenvalue weighted by atomic mass is 16.5. The lowest BCUT2D eigenvalue weighted by molar-refractivity contribution is 0.238. The van der Waals surface area contributed by atoms with Crippen molar-refractivity contribution in [2.75, 3.05) is 36.3 Å². The fourth-order valence-electron chi connectivity index (χ4n) is 3.74. The molecular formula is C22H34N8O3. The molecule has 11 nitrogen and oxygen atoms in total. The number of anilines is 3. The predicted octanol–water partition coefficient (Wildman–Crippen LogP) is 2.42. The molecule has 0 bridgehead atoms. The monoisotopic (exact) mass is 458 g/mol. The maximum absolute atomic E-state index is 13.2. The number of carbonyl (C=O) groups excluding carboxylic acids is 1. The Morgan fingerprint density at radius 3 is 2.73 bits per heavy atom. The number of hydrazine groups is 1. The third-order valence-electron chi connectivity index (χ3n) is 5.50. The quantitative estimate of drug-likeness (QED) is 0.330. The highest BCUT2D eigenvalue weighted by molar-refractivity contribution is 5.94. The zero-order chi connectivity index (χ0) is 23.8. The van der Waals surface area contributed by atoms with Gasteiger partial charge in [0.2, 0.25) is 11.8 Å². The molecule has 1 aromatic heterocycles. The van der Waals surface area contributed by atoms with E-state index >= 15 is 0 Å². The number of hydrogen-bond donors (Lipinski definition) is 6. The molecular weight excluding hydrogens is 424 g/mol. The number of methoxy groups -OCH3 is 1. The SMILES string of the molecule is CC/C=C/N(C(=O)NC1CCCC1)c1nc(NC2=C(OC)NNC(CO)=C2)nc(NC)c1C. The van der Waals surface area contributed by atoms with Crippen molar-refractivity contribution < 1.29 is 14.6 Å². The Morgan fingerprint density at radius 2 is 2.09 bits per heavy atom. The number of ether oxygens (including phenoxy) is 1. The van der Waals surface area contributed by atoms with Gasteiger partial charge < -0.3 is 31.2 Å². The molecule has 3 rings (SSSR count). The smallest absolute Gasteiger partial charge is 0.327 e. The number of nitrogens with zero attached hydrogens (tertiary/aromatic N) is 3. The summed E-state index contributed by atoms with van der Waals surface area (Å²) in [5, 5.41) is 18.8. The van der Waals surface area contributed by atoms with E-state index in [4.69, 9.17) is 4.74 Å². The summed E-state index contributed by atoms with van der Waals surface area (Å²) in [6, 6.07) is -0.0417. The molecule has 2 aliphatic rings. The minimum absolute atomic E-state index is 0.177. The highest BCUT2D eigenvalue weighted by Crippen LogP contribution is 2.27. The van der Waals surface area contributed by atoms with E-state index in [1.54, 1.807) is 19.3 Å². The van der Waals surface area contributed by atoms with Gasteiger partial charge in [0.05, 0.1) is 19.4 Å². The van der Waals surface area contributed by atoms with Crippen LogP contribution in [0.5, 0.6) is 0 Å². The number of rotatable bonds is 9. The van der Waals surface area contributed by atoms with Crippen molar-refractivity contribution in [2.24, 2.45) is 0 Å². The summed E-state index contributed by atoms with van der Waals surface area (Å²) in [7, 11) is 3.29. The van der Waals surface area contributed by atoms with Crippen molar-refractivity contribution in [1.29, 1.82) is 0 Å².